The Bertz CT molecular complexity index is 454. The Labute approximate surface area is 115 Å². The van der Waals surface area contributed by atoms with Gasteiger partial charge in [0.2, 0.25) is 0 Å². The predicted molar refractivity (Wildman–Crippen MR) is 76.7 cm³/mol. The zero-order valence-electron chi connectivity index (χ0n) is 11.4. The smallest absolute Gasteiger partial charge is 0.0703 e. The zero-order valence-corrected chi connectivity index (χ0v) is 11.4. The second kappa shape index (κ2) is 5.35. The lowest BCUT2D eigenvalue weighted by Gasteiger charge is -2.30. The first-order chi connectivity index (χ1) is 9.33. The third-order valence-electron chi connectivity index (χ3n) is 4.77. The molecule has 100 valence electrons. The van der Waals surface area contributed by atoms with Crippen LogP contribution in [0.15, 0.2) is 30.3 Å². The van der Waals surface area contributed by atoms with E-state index >= 15 is 0 Å². The third-order valence-corrected chi connectivity index (χ3v) is 4.77. The molecule has 0 aromatic heterocycles. The molecule has 0 saturated heterocycles. The van der Waals surface area contributed by atoms with Crippen molar-refractivity contribution >= 4 is 0 Å². The highest BCUT2D eigenvalue weighted by molar-refractivity contribution is 5.27. The number of nitrogens with one attached hydrogen (secondary N) is 1. The van der Waals surface area contributed by atoms with Gasteiger partial charge < -0.3 is 5.32 Å². The summed E-state index contributed by atoms with van der Waals surface area (Å²) in [6.45, 7) is 0.886. The number of nitriles is 1. The Hall–Kier alpha value is -1.33. The lowest BCUT2D eigenvalue weighted by molar-refractivity contribution is 0.255. The largest absolute Gasteiger partial charge is 0.312 e. The molecule has 0 radical (unpaired) electrons. The topological polar surface area (TPSA) is 35.8 Å². The highest BCUT2D eigenvalue weighted by Gasteiger charge is 2.40. The van der Waals surface area contributed by atoms with Crippen molar-refractivity contribution in [2.45, 2.75) is 50.5 Å². The molecule has 2 heteroatoms. The van der Waals surface area contributed by atoms with E-state index in [9.17, 15) is 5.26 Å². The van der Waals surface area contributed by atoms with Gasteiger partial charge in [-0.2, -0.15) is 5.26 Å². The summed E-state index contributed by atoms with van der Waals surface area (Å²) in [6.07, 6.45) is 7.15. The maximum Gasteiger partial charge on any atom is 0.0703 e. The van der Waals surface area contributed by atoms with Crippen molar-refractivity contribution in [3.05, 3.63) is 35.9 Å². The van der Waals surface area contributed by atoms with E-state index in [0.29, 0.717) is 12.0 Å². The first kappa shape index (κ1) is 12.7. The molecule has 1 N–H and O–H groups in total. The van der Waals surface area contributed by atoms with Crippen LogP contribution >= 0.6 is 0 Å². The van der Waals surface area contributed by atoms with Crippen LogP contribution in [0.5, 0.6) is 0 Å². The van der Waals surface area contributed by atoms with Crippen molar-refractivity contribution in [1.29, 1.82) is 5.26 Å². The highest BCUT2D eigenvalue weighted by Crippen LogP contribution is 2.42. The van der Waals surface area contributed by atoms with Gasteiger partial charge in [-0.15, -0.1) is 0 Å². The van der Waals surface area contributed by atoms with Crippen molar-refractivity contribution in [3.63, 3.8) is 0 Å². The molecule has 2 fully saturated rings. The number of benzene rings is 1. The molecule has 2 saturated carbocycles. The van der Waals surface area contributed by atoms with Gasteiger partial charge in [0.1, 0.15) is 0 Å². The first-order valence-corrected chi connectivity index (χ1v) is 7.53. The van der Waals surface area contributed by atoms with Crippen LogP contribution in [-0.2, 0) is 0 Å². The molecular formula is C17H22N2. The lowest BCUT2D eigenvalue weighted by Crippen LogP contribution is -2.36. The molecule has 0 amide bonds. The monoisotopic (exact) mass is 254 g/mol. The fourth-order valence-electron chi connectivity index (χ4n) is 3.37. The molecule has 3 rings (SSSR count). The van der Waals surface area contributed by atoms with E-state index in [0.717, 1.165) is 19.4 Å². The zero-order chi connectivity index (χ0) is 13.1. The molecule has 2 atom stereocenters. The molecule has 2 aliphatic rings. The normalized spacial score (nSPS) is 28.6. The van der Waals surface area contributed by atoms with Crippen LogP contribution in [0.25, 0.3) is 0 Å². The fourth-order valence-corrected chi connectivity index (χ4v) is 3.37. The van der Waals surface area contributed by atoms with Gasteiger partial charge >= 0.3 is 0 Å². The molecular weight excluding hydrogens is 232 g/mol. The molecule has 0 bridgehead atoms. The van der Waals surface area contributed by atoms with Crippen LogP contribution in [-0.4, -0.2) is 12.6 Å². The molecule has 2 aliphatic carbocycles. The molecule has 0 heterocycles. The van der Waals surface area contributed by atoms with Crippen LogP contribution in [0.4, 0.5) is 0 Å². The lowest BCUT2D eigenvalue weighted by atomic mass is 9.75. The highest BCUT2D eigenvalue weighted by atomic mass is 15.0. The minimum absolute atomic E-state index is 0.0813. The molecule has 1 aromatic rings. The summed E-state index contributed by atoms with van der Waals surface area (Å²) in [6, 6.07) is 13.9. The molecule has 1 aromatic carbocycles. The van der Waals surface area contributed by atoms with Crippen molar-refractivity contribution in [1.82, 2.24) is 5.32 Å². The maximum atomic E-state index is 9.47. The van der Waals surface area contributed by atoms with E-state index in [4.69, 9.17) is 0 Å². The van der Waals surface area contributed by atoms with Crippen molar-refractivity contribution in [2.75, 3.05) is 6.54 Å². The number of nitrogens with zero attached hydrogens (tertiary/aromatic N) is 1. The Balaban J connectivity index is 1.53. The summed E-state index contributed by atoms with van der Waals surface area (Å²) in [5, 5.41) is 13.1. The van der Waals surface area contributed by atoms with Crippen molar-refractivity contribution < 1.29 is 0 Å². The average molecular weight is 254 g/mol. The predicted octanol–water partition coefficient (Wildman–Crippen LogP) is 3.61. The van der Waals surface area contributed by atoms with E-state index in [1.807, 2.05) is 0 Å². The van der Waals surface area contributed by atoms with Crippen LogP contribution in [0.2, 0.25) is 0 Å². The van der Waals surface area contributed by atoms with Crippen molar-refractivity contribution in [3.8, 4) is 6.07 Å². The Morgan fingerprint density at radius 2 is 1.89 bits per heavy atom. The van der Waals surface area contributed by atoms with Crippen LogP contribution < -0.4 is 5.32 Å². The van der Waals surface area contributed by atoms with E-state index < -0.39 is 0 Å². The quantitative estimate of drug-likeness (QED) is 0.891. The summed E-state index contributed by atoms with van der Waals surface area (Å²) in [5.74, 6) is 0.667. The molecule has 2 nitrogen and oxygen atoms in total. The minimum atomic E-state index is -0.0813. The summed E-state index contributed by atoms with van der Waals surface area (Å²) < 4.78 is 0. The van der Waals surface area contributed by atoms with Crippen LogP contribution in [0.1, 0.15) is 50.0 Å². The standard InChI is InChI=1S/C17H22N2/c18-12-17(9-5-2-6-10-17)13-19-16-11-15(16)14-7-3-1-4-8-14/h1,3-4,7-8,15-16,19H,2,5-6,9-11,13H2/t15?,16-/m0/s1. The summed E-state index contributed by atoms with van der Waals surface area (Å²) in [4.78, 5) is 0. The fraction of sp³-hybridized carbons (Fsp3) is 0.588. The van der Waals surface area contributed by atoms with Gasteiger partial charge in [0, 0.05) is 18.5 Å². The molecule has 0 aliphatic heterocycles. The van der Waals surface area contributed by atoms with Crippen LogP contribution in [0, 0.1) is 16.7 Å². The SMILES string of the molecule is N#CC1(CN[C@H]2CC2c2ccccc2)CCCCC1. The molecule has 19 heavy (non-hydrogen) atoms. The molecule has 1 unspecified atom stereocenters. The first-order valence-electron chi connectivity index (χ1n) is 7.53. The second-order valence-electron chi connectivity index (χ2n) is 6.19. The second-order valence-corrected chi connectivity index (χ2v) is 6.19. The summed E-state index contributed by atoms with van der Waals surface area (Å²) in [7, 11) is 0. The number of hydrogen-bond donors (Lipinski definition) is 1. The van der Waals surface area contributed by atoms with Crippen LogP contribution in [0.3, 0.4) is 0 Å². The van der Waals surface area contributed by atoms with Gasteiger partial charge in [-0.05, 0) is 24.8 Å². The summed E-state index contributed by atoms with van der Waals surface area (Å²) in [5.41, 5.74) is 1.36. The van der Waals surface area contributed by atoms with Gasteiger partial charge in [-0.1, -0.05) is 49.6 Å². The van der Waals surface area contributed by atoms with Gasteiger partial charge in [0.25, 0.3) is 0 Å². The van der Waals surface area contributed by atoms with Gasteiger partial charge in [0.05, 0.1) is 11.5 Å². The number of hydrogen-bond acceptors (Lipinski definition) is 2. The average Bonchev–Trinajstić information content (AvgIpc) is 3.27. The summed E-state index contributed by atoms with van der Waals surface area (Å²) >= 11 is 0. The van der Waals surface area contributed by atoms with Gasteiger partial charge in [-0.3, -0.25) is 0 Å². The minimum Gasteiger partial charge on any atom is -0.312 e. The van der Waals surface area contributed by atoms with E-state index in [1.165, 1.54) is 31.2 Å². The third kappa shape index (κ3) is 2.82. The Morgan fingerprint density at radius 3 is 2.58 bits per heavy atom. The van der Waals surface area contributed by atoms with E-state index in [1.54, 1.807) is 0 Å². The Morgan fingerprint density at radius 1 is 1.16 bits per heavy atom. The van der Waals surface area contributed by atoms with E-state index in [2.05, 4.69) is 41.7 Å². The van der Waals surface area contributed by atoms with Gasteiger partial charge in [0.15, 0.2) is 0 Å². The maximum absolute atomic E-state index is 9.47. The molecule has 0 spiro atoms. The van der Waals surface area contributed by atoms with Crippen molar-refractivity contribution in [2.24, 2.45) is 5.41 Å². The van der Waals surface area contributed by atoms with Gasteiger partial charge in [-0.25, -0.2) is 0 Å². The number of rotatable bonds is 4. The Kier molecular flexibility index (Phi) is 3.57. The van der Waals surface area contributed by atoms with E-state index in [-0.39, 0.29) is 5.41 Å².